The van der Waals surface area contributed by atoms with E-state index < -0.39 is 0 Å². The Balaban J connectivity index is 2.01. The zero-order valence-electron chi connectivity index (χ0n) is 11.1. The molecule has 0 aliphatic carbocycles. The zero-order valence-corrected chi connectivity index (χ0v) is 11.9. The summed E-state index contributed by atoms with van der Waals surface area (Å²) in [7, 11) is 0. The summed E-state index contributed by atoms with van der Waals surface area (Å²) in [6.45, 7) is 11.1. The minimum absolute atomic E-state index is 0.708. The number of aromatic nitrogens is 1. The van der Waals surface area contributed by atoms with Crippen LogP contribution in [0.15, 0.2) is 0 Å². The minimum Gasteiger partial charge on any atom is -0.315 e. The molecular weight excluding hydrogens is 230 g/mol. The van der Waals surface area contributed by atoms with Crippen LogP contribution in [0.1, 0.15) is 35.3 Å². The Morgan fingerprint density at radius 1 is 1.47 bits per heavy atom. The van der Waals surface area contributed by atoms with Crippen molar-refractivity contribution < 1.29 is 0 Å². The molecule has 96 valence electrons. The van der Waals surface area contributed by atoms with Crippen LogP contribution in [-0.4, -0.2) is 35.6 Å². The predicted octanol–water partition coefficient (Wildman–Crippen LogP) is 2.33. The topological polar surface area (TPSA) is 28.2 Å². The molecule has 17 heavy (non-hydrogen) atoms. The average molecular weight is 253 g/mol. The molecule has 1 aliphatic rings. The number of aryl methyl sites for hydroxylation is 2. The molecule has 1 aliphatic heterocycles. The van der Waals surface area contributed by atoms with Crippen LogP contribution in [0.2, 0.25) is 0 Å². The standard InChI is InChI=1S/C13H23N3S/c1-4-7-16(12-5-6-14-8-12)9-13-15-10(2)11(3)17-13/h12,14H,4-9H2,1-3H3. The number of nitrogens with one attached hydrogen (secondary N) is 1. The molecule has 0 bridgehead atoms. The van der Waals surface area contributed by atoms with Gasteiger partial charge in [0.15, 0.2) is 0 Å². The van der Waals surface area contributed by atoms with Crippen molar-refractivity contribution in [1.29, 1.82) is 0 Å². The fourth-order valence-electron chi connectivity index (χ4n) is 2.41. The molecule has 3 nitrogen and oxygen atoms in total. The molecular formula is C13H23N3S. The highest BCUT2D eigenvalue weighted by molar-refractivity contribution is 7.11. The van der Waals surface area contributed by atoms with E-state index in [-0.39, 0.29) is 0 Å². The smallest absolute Gasteiger partial charge is 0.107 e. The third kappa shape index (κ3) is 3.27. The lowest BCUT2D eigenvalue weighted by molar-refractivity contribution is 0.199. The summed E-state index contributed by atoms with van der Waals surface area (Å²) >= 11 is 1.85. The molecule has 1 fully saturated rings. The molecule has 1 aromatic heterocycles. The molecule has 0 aromatic carbocycles. The van der Waals surface area contributed by atoms with Crippen LogP contribution < -0.4 is 5.32 Å². The maximum Gasteiger partial charge on any atom is 0.107 e. The fraction of sp³-hybridized carbons (Fsp3) is 0.769. The van der Waals surface area contributed by atoms with Gasteiger partial charge in [0.1, 0.15) is 5.01 Å². The summed E-state index contributed by atoms with van der Waals surface area (Å²) in [4.78, 5) is 8.62. The van der Waals surface area contributed by atoms with Crippen LogP contribution in [0, 0.1) is 13.8 Å². The van der Waals surface area contributed by atoms with Crippen LogP contribution in [0.5, 0.6) is 0 Å². The molecule has 2 rings (SSSR count). The molecule has 1 saturated heterocycles. The van der Waals surface area contributed by atoms with Gasteiger partial charge in [-0.05, 0) is 39.8 Å². The first kappa shape index (κ1) is 13.0. The van der Waals surface area contributed by atoms with Crippen LogP contribution >= 0.6 is 11.3 Å². The van der Waals surface area contributed by atoms with Gasteiger partial charge in [-0.3, -0.25) is 4.90 Å². The van der Waals surface area contributed by atoms with E-state index in [9.17, 15) is 0 Å². The van der Waals surface area contributed by atoms with Crippen LogP contribution in [0.3, 0.4) is 0 Å². The summed E-state index contributed by atoms with van der Waals surface area (Å²) in [6, 6.07) is 0.708. The van der Waals surface area contributed by atoms with E-state index in [1.807, 2.05) is 11.3 Å². The quantitative estimate of drug-likeness (QED) is 0.873. The van der Waals surface area contributed by atoms with Crippen molar-refractivity contribution in [1.82, 2.24) is 15.2 Å². The minimum atomic E-state index is 0.708. The predicted molar refractivity (Wildman–Crippen MR) is 73.6 cm³/mol. The molecule has 1 unspecified atom stereocenters. The van der Waals surface area contributed by atoms with E-state index in [4.69, 9.17) is 0 Å². The van der Waals surface area contributed by atoms with Gasteiger partial charge in [0.2, 0.25) is 0 Å². The van der Waals surface area contributed by atoms with Gasteiger partial charge < -0.3 is 5.32 Å². The van der Waals surface area contributed by atoms with Gasteiger partial charge in [-0.15, -0.1) is 11.3 Å². The van der Waals surface area contributed by atoms with Crippen LogP contribution in [-0.2, 0) is 6.54 Å². The van der Waals surface area contributed by atoms with Gasteiger partial charge in [0.25, 0.3) is 0 Å². The van der Waals surface area contributed by atoms with E-state index in [1.165, 1.54) is 41.5 Å². The van der Waals surface area contributed by atoms with E-state index in [2.05, 4.69) is 36.0 Å². The number of hydrogen-bond acceptors (Lipinski definition) is 4. The van der Waals surface area contributed by atoms with Gasteiger partial charge in [-0.1, -0.05) is 6.92 Å². The van der Waals surface area contributed by atoms with Crippen molar-refractivity contribution >= 4 is 11.3 Å². The summed E-state index contributed by atoms with van der Waals surface area (Å²) in [5, 5.41) is 4.73. The molecule has 0 amide bonds. The van der Waals surface area contributed by atoms with Crippen molar-refractivity contribution in [2.75, 3.05) is 19.6 Å². The van der Waals surface area contributed by atoms with Gasteiger partial charge in [0.05, 0.1) is 12.2 Å². The number of rotatable bonds is 5. The van der Waals surface area contributed by atoms with Crippen LogP contribution in [0.25, 0.3) is 0 Å². The van der Waals surface area contributed by atoms with Gasteiger partial charge >= 0.3 is 0 Å². The Bertz CT molecular complexity index is 336. The van der Waals surface area contributed by atoms with Crippen molar-refractivity contribution in [2.24, 2.45) is 0 Å². The Labute approximate surface area is 108 Å². The fourth-order valence-corrected chi connectivity index (χ4v) is 3.37. The summed E-state index contributed by atoms with van der Waals surface area (Å²) in [6.07, 6.45) is 2.50. The number of hydrogen-bond donors (Lipinski definition) is 1. The lowest BCUT2D eigenvalue weighted by Crippen LogP contribution is -2.36. The third-order valence-electron chi connectivity index (χ3n) is 3.47. The van der Waals surface area contributed by atoms with Gasteiger partial charge in [-0.2, -0.15) is 0 Å². The highest BCUT2D eigenvalue weighted by atomic mass is 32.1. The van der Waals surface area contributed by atoms with Gasteiger partial charge in [-0.25, -0.2) is 4.98 Å². The SMILES string of the molecule is CCCN(Cc1nc(C)c(C)s1)C1CCNC1. The van der Waals surface area contributed by atoms with E-state index >= 15 is 0 Å². The number of thiazole rings is 1. The third-order valence-corrected chi connectivity index (χ3v) is 4.53. The zero-order chi connectivity index (χ0) is 12.3. The Morgan fingerprint density at radius 2 is 2.29 bits per heavy atom. The van der Waals surface area contributed by atoms with E-state index in [1.54, 1.807) is 0 Å². The molecule has 0 spiro atoms. The first-order valence-corrected chi connectivity index (χ1v) is 7.40. The maximum absolute atomic E-state index is 4.66. The first-order chi connectivity index (χ1) is 8.20. The Morgan fingerprint density at radius 3 is 2.82 bits per heavy atom. The van der Waals surface area contributed by atoms with Crippen molar-refractivity contribution in [3.8, 4) is 0 Å². The molecule has 1 N–H and O–H groups in total. The normalized spacial score (nSPS) is 20.4. The maximum atomic E-state index is 4.66. The molecule has 0 radical (unpaired) electrons. The first-order valence-electron chi connectivity index (χ1n) is 6.58. The van der Waals surface area contributed by atoms with E-state index in [0.717, 1.165) is 13.1 Å². The summed E-state index contributed by atoms with van der Waals surface area (Å²) in [5.74, 6) is 0. The van der Waals surface area contributed by atoms with Gasteiger partial charge in [0, 0.05) is 17.5 Å². The lowest BCUT2D eigenvalue weighted by Gasteiger charge is -2.26. The highest BCUT2D eigenvalue weighted by Crippen LogP contribution is 2.20. The molecule has 0 saturated carbocycles. The van der Waals surface area contributed by atoms with Crippen molar-refractivity contribution in [3.05, 3.63) is 15.6 Å². The van der Waals surface area contributed by atoms with E-state index in [0.29, 0.717) is 6.04 Å². The second-order valence-corrected chi connectivity index (χ2v) is 6.15. The largest absolute Gasteiger partial charge is 0.315 e. The van der Waals surface area contributed by atoms with Crippen molar-refractivity contribution in [2.45, 2.75) is 46.2 Å². The Kier molecular flexibility index (Phi) is 4.54. The summed E-state index contributed by atoms with van der Waals surface area (Å²) in [5.41, 5.74) is 1.20. The van der Waals surface area contributed by atoms with Crippen molar-refractivity contribution in [3.63, 3.8) is 0 Å². The molecule has 1 aromatic rings. The average Bonchev–Trinajstić information content (AvgIpc) is 2.89. The summed E-state index contributed by atoms with van der Waals surface area (Å²) < 4.78 is 0. The van der Waals surface area contributed by atoms with Crippen LogP contribution in [0.4, 0.5) is 0 Å². The number of nitrogens with zero attached hydrogens (tertiary/aromatic N) is 2. The second-order valence-electron chi connectivity index (χ2n) is 4.87. The lowest BCUT2D eigenvalue weighted by atomic mass is 10.2. The second kappa shape index (κ2) is 5.94. The molecule has 1 atom stereocenters. The monoisotopic (exact) mass is 253 g/mol. The Hall–Kier alpha value is -0.450. The molecule has 2 heterocycles. The highest BCUT2D eigenvalue weighted by Gasteiger charge is 2.22. The molecule has 4 heteroatoms.